The number of nitrogens with zero attached hydrogens (tertiary/aromatic N) is 1. The van der Waals surface area contributed by atoms with Gasteiger partial charge in [-0.15, -0.1) is 22.7 Å². The van der Waals surface area contributed by atoms with E-state index in [-0.39, 0.29) is 0 Å². The fraction of sp³-hybridized carbons (Fsp3) is 0.100. The predicted molar refractivity (Wildman–Crippen MR) is 150 cm³/mol. The number of rotatable bonds is 5. The van der Waals surface area contributed by atoms with Crippen molar-refractivity contribution in [2.45, 2.75) is 20.8 Å². The van der Waals surface area contributed by atoms with Crippen LogP contribution in [0.5, 0.6) is 0 Å². The van der Waals surface area contributed by atoms with E-state index < -0.39 is 0 Å². The lowest BCUT2D eigenvalue weighted by atomic mass is 10.0. The molecule has 3 heterocycles. The van der Waals surface area contributed by atoms with E-state index in [1.165, 1.54) is 57.4 Å². The number of benzene rings is 2. The third kappa shape index (κ3) is 4.10. The molecular formula is C30H25NS2. The minimum Gasteiger partial charge on any atom is -0.264 e. The van der Waals surface area contributed by atoms with E-state index in [2.05, 4.69) is 87.0 Å². The van der Waals surface area contributed by atoms with E-state index in [4.69, 9.17) is 0 Å². The summed E-state index contributed by atoms with van der Waals surface area (Å²) < 4.78 is 4.01. The molecule has 0 bridgehead atoms. The van der Waals surface area contributed by atoms with Gasteiger partial charge in [-0.25, -0.2) is 0 Å². The molecule has 3 aromatic heterocycles. The molecule has 0 aliphatic heterocycles. The molecule has 0 atom stereocenters. The van der Waals surface area contributed by atoms with Crippen molar-refractivity contribution in [1.29, 1.82) is 0 Å². The van der Waals surface area contributed by atoms with Gasteiger partial charge in [0.1, 0.15) is 0 Å². The van der Waals surface area contributed by atoms with Gasteiger partial charge in [0.15, 0.2) is 0 Å². The van der Waals surface area contributed by atoms with Crippen LogP contribution in [0.25, 0.3) is 47.5 Å². The highest BCUT2D eigenvalue weighted by Crippen LogP contribution is 2.41. The summed E-state index contributed by atoms with van der Waals surface area (Å²) in [5.41, 5.74) is 6.19. The van der Waals surface area contributed by atoms with Crippen LogP contribution in [0.15, 0.2) is 85.7 Å². The average Bonchev–Trinajstić information content (AvgIpc) is 3.39. The SMILES string of the molecule is C=C/C=C\C(=C/C)c1cc2cc3sc4cc(/C=C(\C)c5cccnc5)c(C)cc4c3cc2s1. The molecule has 2 aromatic carbocycles. The molecule has 0 radical (unpaired) electrons. The van der Waals surface area contributed by atoms with Crippen molar-refractivity contribution in [2.75, 3.05) is 0 Å². The van der Waals surface area contributed by atoms with Crippen LogP contribution < -0.4 is 0 Å². The third-order valence-corrected chi connectivity index (χ3v) is 8.26. The second-order valence-corrected chi connectivity index (χ2v) is 10.4. The lowest BCUT2D eigenvalue weighted by molar-refractivity contribution is 1.31. The van der Waals surface area contributed by atoms with Gasteiger partial charge in [0.25, 0.3) is 0 Å². The molecule has 0 N–H and O–H groups in total. The average molecular weight is 464 g/mol. The van der Waals surface area contributed by atoms with Crippen LogP contribution in [0.1, 0.15) is 35.4 Å². The van der Waals surface area contributed by atoms with Crippen molar-refractivity contribution in [3.05, 3.63) is 107 Å². The maximum absolute atomic E-state index is 4.26. The van der Waals surface area contributed by atoms with Gasteiger partial charge < -0.3 is 0 Å². The van der Waals surface area contributed by atoms with Crippen molar-refractivity contribution in [1.82, 2.24) is 4.98 Å². The van der Waals surface area contributed by atoms with Gasteiger partial charge in [-0.05, 0) is 90.4 Å². The third-order valence-electron chi connectivity index (χ3n) is 5.99. The topological polar surface area (TPSA) is 12.9 Å². The molecule has 3 heteroatoms. The minimum absolute atomic E-state index is 1.16. The molecule has 0 unspecified atom stereocenters. The van der Waals surface area contributed by atoms with Gasteiger partial charge in [-0.2, -0.15) is 0 Å². The van der Waals surface area contributed by atoms with Crippen molar-refractivity contribution < 1.29 is 0 Å². The molecule has 5 aromatic rings. The molecule has 0 amide bonds. The molecular weight excluding hydrogens is 438 g/mol. The summed E-state index contributed by atoms with van der Waals surface area (Å²) in [6, 6.07) is 15.8. The van der Waals surface area contributed by atoms with Crippen LogP contribution in [0.2, 0.25) is 0 Å². The summed E-state index contributed by atoms with van der Waals surface area (Å²) in [7, 11) is 0. The van der Waals surface area contributed by atoms with Crippen LogP contribution in [0, 0.1) is 6.92 Å². The Bertz CT molecular complexity index is 1590. The highest BCUT2D eigenvalue weighted by molar-refractivity contribution is 7.26. The van der Waals surface area contributed by atoms with Gasteiger partial charge in [0.05, 0.1) is 0 Å². The summed E-state index contributed by atoms with van der Waals surface area (Å²) in [4.78, 5) is 5.55. The van der Waals surface area contributed by atoms with E-state index in [0.717, 1.165) is 5.56 Å². The zero-order valence-corrected chi connectivity index (χ0v) is 20.7. The fourth-order valence-electron chi connectivity index (χ4n) is 4.18. The minimum atomic E-state index is 1.16. The molecule has 33 heavy (non-hydrogen) atoms. The maximum Gasteiger partial charge on any atom is 0.0362 e. The normalized spacial score (nSPS) is 13.1. The molecule has 0 saturated carbocycles. The molecule has 0 fully saturated rings. The van der Waals surface area contributed by atoms with E-state index in [9.17, 15) is 0 Å². The second kappa shape index (κ2) is 8.93. The Morgan fingerprint density at radius 1 is 1.00 bits per heavy atom. The molecule has 0 aliphatic carbocycles. The van der Waals surface area contributed by atoms with Crippen molar-refractivity contribution >= 4 is 70.2 Å². The number of hydrogen-bond acceptors (Lipinski definition) is 3. The lowest BCUT2D eigenvalue weighted by Crippen LogP contribution is -1.84. The Morgan fingerprint density at radius 2 is 1.82 bits per heavy atom. The maximum atomic E-state index is 4.26. The highest BCUT2D eigenvalue weighted by atomic mass is 32.1. The smallest absolute Gasteiger partial charge is 0.0362 e. The lowest BCUT2D eigenvalue weighted by Gasteiger charge is -2.05. The summed E-state index contributed by atoms with van der Waals surface area (Å²) in [6.07, 6.45) is 14.1. The summed E-state index contributed by atoms with van der Waals surface area (Å²) in [5.74, 6) is 0. The molecule has 1 nitrogen and oxygen atoms in total. The van der Waals surface area contributed by atoms with Crippen LogP contribution in [-0.4, -0.2) is 4.98 Å². The fourth-order valence-corrected chi connectivity index (χ4v) is 6.49. The number of aromatic nitrogens is 1. The highest BCUT2D eigenvalue weighted by Gasteiger charge is 2.12. The Hall–Kier alpha value is -3.27. The number of hydrogen-bond donors (Lipinski definition) is 0. The number of fused-ring (bicyclic) bond motifs is 4. The zero-order valence-electron chi connectivity index (χ0n) is 19.1. The van der Waals surface area contributed by atoms with E-state index >= 15 is 0 Å². The van der Waals surface area contributed by atoms with E-state index in [0.29, 0.717) is 0 Å². The molecule has 0 aliphatic rings. The number of pyridine rings is 1. The summed E-state index contributed by atoms with van der Waals surface area (Å²) in [5, 5.41) is 4.00. The van der Waals surface area contributed by atoms with Gasteiger partial charge in [0.2, 0.25) is 0 Å². The van der Waals surface area contributed by atoms with Gasteiger partial charge in [-0.3, -0.25) is 4.98 Å². The quantitative estimate of drug-likeness (QED) is 0.236. The Labute approximate surface area is 202 Å². The molecule has 0 spiro atoms. The van der Waals surface area contributed by atoms with Crippen LogP contribution in [0.3, 0.4) is 0 Å². The van der Waals surface area contributed by atoms with E-state index in [1.54, 1.807) is 0 Å². The predicted octanol–water partition coefficient (Wildman–Crippen LogP) is 9.68. The van der Waals surface area contributed by atoms with Crippen molar-refractivity contribution in [3.8, 4) is 0 Å². The van der Waals surface area contributed by atoms with Crippen LogP contribution in [0.4, 0.5) is 0 Å². The van der Waals surface area contributed by atoms with Gasteiger partial charge in [-0.1, -0.05) is 43.0 Å². The zero-order chi connectivity index (χ0) is 22.9. The Morgan fingerprint density at radius 3 is 2.58 bits per heavy atom. The van der Waals surface area contributed by atoms with Crippen LogP contribution in [-0.2, 0) is 0 Å². The number of allylic oxidation sites excluding steroid dienone is 6. The monoisotopic (exact) mass is 463 g/mol. The Balaban J connectivity index is 1.61. The van der Waals surface area contributed by atoms with Crippen molar-refractivity contribution in [2.24, 2.45) is 0 Å². The first-order chi connectivity index (χ1) is 16.1. The largest absolute Gasteiger partial charge is 0.264 e. The number of thiophene rings is 2. The number of aryl methyl sites for hydroxylation is 1. The van der Waals surface area contributed by atoms with E-state index in [1.807, 2.05) is 53.3 Å². The Kier molecular flexibility index (Phi) is 5.84. The first-order valence-electron chi connectivity index (χ1n) is 11.0. The standard InChI is InChI=1S/C30H25NS2/c1-5-7-9-21(6-2)27-15-24-16-30-26(17-28(24)32-27)25-13-20(4)23(14-29(25)33-30)12-19(3)22-10-8-11-31-18-22/h5-18H,1H2,2-4H3/b9-7-,19-12+,21-6+. The van der Waals surface area contributed by atoms with Gasteiger partial charge in [0, 0.05) is 42.1 Å². The second-order valence-electron chi connectivity index (χ2n) is 8.21. The summed E-state index contributed by atoms with van der Waals surface area (Å²) >= 11 is 3.74. The molecule has 0 saturated heterocycles. The van der Waals surface area contributed by atoms with Crippen LogP contribution >= 0.6 is 22.7 Å². The first kappa shape index (κ1) is 21.6. The molecule has 5 rings (SSSR count). The van der Waals surface area contributed by atoms with Crippen molar-refractivity contribution in [3.63, 3.8) is 0 Å². The summed E-state index contributed by atoms with van der Waals surface area (Å²) in [6.45, 7) is 10.2. The first-order valence-corrected chi connectivity index (χ1v) is 12.7. The van der Waals surface area contributed by atoms with Gasteiger partial charge >= 0.3 is 0 Å². The molecule has 162 valence electrons.